The number of carbonyl (C=O) groups excluding carboxylic acids is 2. The lowest BCUT2D eigenvalue weighted by molar-refractivity contribution is -0.108. The Morgan fingerprint density at radius 2 is 1.23 bits per heavy atom. The number of likely N-dealkylation sites (tertiary alicyclic amines) is 1. The number of ether oxygens (including phenoxy) is 5. The first kappa shape index (κ1) is 48.0. The molecule has 0 bridgehead atoms. The minimum Gasteiger partial charge on any atom is -0.486 e. The van der Waals surface area contributed by atoms with E-state index in [1.807, 2.05) is 49.9 Å². The van der Waals surface area contributed by atoms with Crippen LogP contribution in [0.5, 0.6) is 11.5 Å². The van der Waals surface area contributed by atoms with Crippen LogP contribution in [-0.2, 0) is 45.2 Å². The Balaban J connectivity index is 0.000000168. The highest BCUT2D eigenvalue weighted by atomic mass is 16.7. The van der Waals surface area contributed by atoms with Crippen molar-refractivity contribution in [1.82, 2.24) is 53.4 Å². The van der Waals surface area contributed by atoms with Crippen LogP contribution in [0.25, 0.3) is 33.1 Å². The molecule has 0 atom stereocenters. The lowest BCUT2D eigenvalue weighted by Crippen LogP contribution is -2.49. The fraction of sp³-hybridized carbons (Fsp3) is 0.396. The number of fused-ring (bicyclic) bond motifs is 4. The smallest absolute Gasteiger partial charge is 0.410 e. The van der Waals surface area contributed by atoms with E-state index in [1.54, 1.807) is 52.3 Å². The van der Waals surface area contributed by atoms with E-state index in [9.17, 15) is 24.0 Å². The van der Waals surface area contributed by atoms with Gasteiger partial charge in [-0.25, -0.2) is 19.7 Å². The lowest BCUT2D eigenvalue weighted by Gasteiger charge is -2.39. The van der Waals surface area contributed by atoms with Gasteiger partial charge in [-0.3, -0.25) is 38.5 Å². The highest BCUT2D eigenvalue weighted by molar-refractivity contribution is 5.74. The summed E-state index contributed by atoms with van der Waals surface area (Å²) in [6.07, 6.45) is 15.2. The van der Waals surface area contributed by atoms with Gasteiger partial charge >= 0.3 is 6.09 Å². The highest BCUT2D eigenvalue weighted by Gasteiger charge is 2.32. The van der Waals surface area contributed by atoms with E-state index >= 15 is 0 Å². The van der Waals surface area contributed by atoms with Gasteiger partial charge < -0.3 is 42.8 Å². The molecule has 360 valence electrons. The predicted octanol–water partition coefficient (Wildman–Crippen LogP) is 3.62. The molecule has 2 saturated heterocycles. The Morgan fingerprint density at radius 3 is 1.81 bits per heavy atom. The largest absolute Gasteiger partial charge is 0.486 e. The van der Waals surface area contributed by atoms with E-state index in [-0.39, 0.29) is 41.6 Å². The average Bonchev–Trinajstić information content (AvgIpc) is 3.88. The number of aldehydes is 1. The molecular weight excluding hydrogens is 891 g/mol. The van der Waals surface area contributed by atoms with Gasteiger partial charge in [0.25, 0.3) is 16.7 Å². The third-order valence-electron chi connectivity index (χ3n) is 11.5. The fourth-order valence-corrected chi connectivity index (χ4v) is 8.11. The Bertz CT molecular complexity index is 3090. The van der Waals surface area contributed by atoms with Gasteiger partial charge in [-0.2, -0.15) is 0 Å². The van der Waals surface area contributed by atoms with Crippen LogP contribution in [0, 0.1) is 0 Å². The number of aromatic nitrogens is 9. The van der Waals surface area contributed by atoms with E-state index in [0.717, 1.165) is 60.3 Å². The van der Waals surface area contributed by atoms with Crippen molar-refractivity contribution in [1.29, 1.82) is 0 Å². The van der Waals surface area contributed by atoms with Crippen molar-refractivity contribution < 1.29 is 33.3 Å². The molecule has 3 aliphatic heterocycles. The summed E-state index contributed by atoms with van der Waals surface area (Å²) >= 11 is 0. The van der Waals surface area contributed by atoms with Gasteiger partial charge in [0.2, 0.25) is 0 Å². The molecule has 0 saturated carbocycles. The monoisotopic (exact) mass is 943 g/mol. The molecule has 9 heterocycles. The summed E-state index contributed by atoms with van der Waals surface area (Å²) in [5.74, 6) is 1.44. The Morgan fingerprint density at radius 1 is 0.696 bits per heavy atom. The summed E-state index contributed by atoms with van der Waals surface area (Å²) in [6.45, 7) is 11.6. The Kier molecular flexibility index (Phi) is 15.4. The van der Waals surface area contributed by atoms with Crippen LogP contribution in [0.4, 0.5) is 4.79 Å². The van der Waals surface area contributed by atoms with Crippen molar-refractivity contribution >= 4 is 45.5 Å². The van der Waals surface area contributed by atoms with Crippen LogP contribution >= 0.6 is 0 Å². The minimum atomic E-state index is -0.585. The molecule has 1 amide bonds. The number of carbonyl (C=O) groups is 2. The molecule has 1 aromatic carbocycles. The summed E-state index contributed by atoms with van der Waals surface area (Å²) in [5, 5.41) is 0. The zero-order valence-corrected chi connectivity index (χ0v) is 38.6. The minimum absolute atomic E-state index is 0.0313. The molecule has 6 aromatic heterocycles. The number of benzene rings is 1. The summed E-state index contributed by atoms with van der Waals surface area (Å²) < 4.78 is 32.5. The van der Waals surface area contributed by atoms with Crippen molar-refractivity contribution in [2.45, 2.75) is 77.7 Å². The maximum Gasteiger partial charge on any atom is 0.410 e. The molecule has 10 rings (SSSR count). The van der Waals surface area contributed by atoms with Gasteiger partial charge in [-0.05, 0) is 69.5 Å². The van der Waals surface area contributed by atoms with Gasteiger partial charge in [0.15, 0.2) is 17.8 Å². The van der Waals surface area contributed by atoms with Crippen molar-refractivity contribution in [3.8, 4) is 11.5 Å². The van der Waals surface area contributed by atoms with Gasteiger partial charge in [0, 0.05) is 57.4 Å². The number of pyridine rings is 3. The maximum atomic E-state index is 13.3. The van der Waals surface area contributed by atoms with Crippen LogP contribution < -0.4 is 26.2 Å². The van der Waals surface area contributed by atoms with Crippen molar-refractivity contribution in [3.63, 3.8) is 0 Å². The van der Waals surface area contributed by atoms with Crippen LogP contribution in [0.1, 0.15) is 39.2 Å². The van der Waals surface area contributed by atoms with Gasteiger partial charge in [-0.1, -0.05) is 6.07 Å². The summed E-state index contributed by atoms with van der Waals surface area (Å²) in [7, 11) is 0. The van der Waals surface area contributed by atoms with E-state index in [2.05, 4.69) is 34.8 Å². The molecule has 21 nitrogen and oxygen atoms in total. The molecular formula is C48H53N11O10. The second kappa shape index (κ2) is 22.1. The molecule has 3 aliphatic rings. The van der Waals surface area contributed by atoms with Gasteiger partial charge in [0.1, 0.15) is 25.1 Å². The molecule has 2 fully saturated rings. The standard InChI is InChI=1S/C28H35N5O5.C11H11N3O3.C9H7N3O2/c1-28(2,3)38-27(35)33(19-20-4-5-24-25(16-20)37-15-14-36-24)21-7-10-31(11-8-21)12-13-32-23-17-29-9-6-22(23)30-18-26(32)34;15-10-6-13-8-1-2-12-5-9(8)14(10)7-11-16-3-4-17-11;13-4-3-12-8-5-10-2-1-7(8)11-6-9(12)14/h4-6,9,16-18,21H,7-8,10-15,19H2,1-3H3;1-2,5-6,11H,3-4,7H2;1-2,4-6H,3H2. The van der Waals surface area contributed by atoms with Crippen molar-refractivity contribution in [2.75, 3.05) is 46.1 Å². The van der Waals surface area contributed by atoms with Crippen LogP contribution in [0.15, 0.2) is 107 Å². The number of amides is 1. The highest BCUT2D eigenvalue weighted by Crippen LogP contribution is 2.32. The first-order chi connectivity index (χ1) is 33.4. The number of rotatable bonds is 10. The summed E-state index contributed by atoms with van der Waals surface area (Å²) in [6, 6.07) is 11.1. The number of piperidine rings is 1. The molecule has 0 N–H and O–H groups in total. The number of hydrogen-bond acceptors (Lipinski definition) is 17. The summed E-state index contributed by atoms with van der Waals surface area (Å²) in [5.41, 5.74) is 3.94. The molecule has 0 unspecified atom stereocenters. The van der Waals surface area contributed by atoms with E-state index < -0.39 is 5.60 Å². The van der Waals surface area contributed by atoms with Crippen LogP contribution in [0.3, 0.4) is 0 Å². The third kappa shape index (κ3) is 12.2. The average molecular weight is 944 g/mol. The molecule has 0 aliphatic carbocycles. The molecule has 21 heteroatoms. The first-order valence-electron chi connectivity index (χ1n) is 22.6. The van der Waals surface area contributed by atoms with Crippen molar-refractivity contribution in [3.05, 3.63) is 129 Å². The number of hydrogen-bond donors (Lipinski definition) is 0. The first-order valence-corrected chi connectivity index (χ1v) is 22.6. The van der Waals surface area contributed by atoms with E-state index in [0.29, 0.717) is 74.6 Å². The van der Waals surface area contributed by atoms with Crippen LogP contribution in [0.2, 0.25) is 0 Å². The Labute approximate surface area is 395 Å². The van der Waals surface area contributed by atoms with Crippen molar-refractivity contribution in [2.24, 2.45) is 0 Å². The quantitative estimate of drug-likeness (QED) is 0.178. The SMILES string of the molecule is CC(C)(C)OC(=O)N(Cc1ccc2c(c1)OCCO2)C1CCN(CCn2c(=O)cnc3ccncc32)CC1.O=CCn1c(=O)cnc2ccncc21.O=c1cnc2ccncc2n1CC1OCCO1. The van der Waals surface area contributed by atoms with Gasteiger partial charge in [-0.15, -0.1) is 0 Å². The zero-order chi connectivity index (χ0) is 48.3. The molecule has 69 heavy (non-hydrogen) atoms. The second-order valence-corrected chi connectivity index (χ2v) is 17.3. The third-order valence-corrected chi connectivity index (χ3v) is 11.5. The van der Waals surface area contributed by atoms with Gasteiger partial charge in [0.05, 0.1) is 96.6 Å². The zero-order valence-electron chi connectivity index (χ0n) is 38.6. The normalized spacial score (nSPS) is 15.2. The molecule has 0 spiro atoms. The van der Waals surface area contributed by atoms with E-state index in [4.69, 9.17) is 23.7 Å². The fourth-order valence-electron chi connectivity index (χ4n) is 8.11. The molecule has 7 aromatic rings. The number of nitrogens with zero attached hydrogens (tertiary/aromatic N) is 11. The van der Waals surface area contributed by atoms with E-state index in [1.165, 1.54) is 29.4 Å². The van der Waals surface area contributed by atoms with Crippen LogP contribution in [-0.4, -0.2) is 130 Å². The molecule has 0 radical (unpaired) electrons. The Hall–Kier alpha value is -7.49. The maximum absolute atomic E-state index is 13.3. The topological polar surface area (TPSA) is 230 Å². The lowest BCUT2D eigenvalue weighted by atomic mass is 10.0. The second-order valence-electron chi connectivity index (χ2n) is 17.3. The summed E-state index contributed by atoms with van der Waals surface area (Å²) in [4.78, 5) is 87.7. The predicted molar refractivity (Wildman–Crippen MR) is 252 cm³/mol.